The highest BCUT2D eigenvalue weighted by molar-refractivity contribution is 6.91. The first-order chi connectivity index (χ1) is 28.1. The summed E-state index contributed by atoms with van der Waals surface area (Å²) in [5.41, 5.74) is 1.83. The fourth-order valence-corrected chi connectivity index (χ4v) is 14.1. The minimum absolute atomic E-state index is 0.0690. The Bertz CT molecular complexity index is 2410. The van der Waals surface area contributed by atoms with Crippen LogP contribution in [0.15, 0.2) is 121 Å². The van der Waals surface area contributed by atoms with E-state index in [9.17, 15) is 14.7 Å². The fourth-order valence-electron chi connectivity index (χ4n) is 10.1. The second kappa shape index (κ2) is 14.6. The second-order valence-corrected chi connectivity index (χ2v) is 21.0. The molecule has 9 rings (SSSR count). The van der Waals surface area contributed by atoms with E-state index < -0.39 is 25.7 Å². The smallest absolute Gasteiger partial charge is 0.268 e. The molecule has 0 unspecified atom stereocenters. The number of aliphatic hydroxyl groups excluding tert-OH is 1. The zero-order chi connectivity index (χ0) is 40.3. The van der Waals surface area contributed by atoms with E-state index in [4.69, 9.17) is 14.2 Å². The number of hydrogen-bond donors (Lipinski definition) is 1. The molecule has 2 fully saturated rings. The summed E-state index contributed by atoms with van der Waals surface area (Å²) in [5.74, 6) is 0.757. The van der Waals surface area contributed by atoms with Gasteiger partial charge in [0, 0.05) is 29.4 Å². The number of hydrogen-bond acceptors (Lipinski definition) is 7. The third-order valence-electron chi connectivity index (χ3n) is 12.9. The van der Waals surface area contributed by atoms with Crippen LogP contribution in [-0.4, -0.2) is 68.2 Å². The predicted octanol–water partition coefficient (Wildman–Crippen LogP) is 8.05. The minimum atomic E-state index is -2.59. The van der Waals surface area contributed by atoms with E-state index in [-0.39, 0.29) is 42.3 Å². The molecule has 1 N–H and O–H groups in total. The molecule has 4 aliphatic heterocycles. The van der Waals surface area contributed by atoms with Crippen molar-refractivity contribution in [1.82, 2.24) is 4.90 Å². The van der Waals surface area contributed by atoms with Crippen LogP contribution in [0.2, 0.25) is 18.6 Å². The molecule has 1 spiro atoms. The molecule has 296 valence electrons. The lowest BCUT2D eigenvalue weighted by Crippen LogP contribution is -2.52. The quantitative estimate of drug-likeness (QED) is 0.159. The van der Waals surface area contributed by atoms with Gasteiger partial charge in [0.05, 0.1) is 57.3 Å². The normalized spacial score (nSPS) is 23.7. The monoisotopic (exact) mass is 793 g/mol. The van der Waals surface area contributed by atoms with E-state index in [1.807, 2.05) is 97.1 Å². The van der Waals surface area contributed by atoms with Gasteiger partial charge in [0.2, 0.25) is 5.91 Å². The van der Waals surface area contributed by atoms with Crippen molar-refractivity contribution in [2.75, 3.05) is 30.1 Å². The van der Waals surface area contributed by atoms with Crippen LogP contribution in [0.25, 0.3) is 0 Å². The molecule has 0 bridgehead atoms. The number of para-hydroxylation sites is 4. The molecule has 0 aliphatic carbocycles. The van der Waals surface area contributed by atoms with E-state index in [0.29, 0.717) is 51.9 Å². The van der Waals surface area contributed by atoms with Gasteiger partial charge < -0.3 is 24.2 Å². The number of carbonyl (C=O) groups is 3. The van der Waals surface area contributed by atoms with Crippen LogP contribution in [0.1, 0.15) is 42.1 Å². The Morgan fingerprint density at radius 3 is 2.29 bits per heavy atom. The average Bonchev–Trinajstić information content (AvgIpc) is 3.89. The Morgan fingerprint density at radius 1 is 0.845 bits per heavy atom. The number of ether oxygens (including phenoxy) is 3. The summed E-state index contributed by atoms with van der Waals surface area (Å²) in [5, 5.41) is 11.3. The standard InChI is InChI=1S/C47H47N3O7Si/c1-30-44(58(3,4)35-23-21-34(55-2)22-24-35)42(28-43(52)48-26-12-15-33(48)29-51)57-47(30)37-27-32(20-25-38(37)50(46(47)54)31-13-6-5-7-14-31)49-39-17-9-11-19-41(39)56-40-18-10-8-16-36(40)45(49)53/h5-11,13-14,16-25,27,30,33,42,44,51H,12,15,26,28-29H2,1-4H3/t30-,33-,42+,44-,47+/m0/s1. The van der Waals surface area contributed by atoms with Gasteiger partial charge in [0.15, 0.2) is 11.4 Å². The van der Waals surface area contributed by atoms with Crippen molar-refractivity contribution in [2.45, 2.75) is 62.6 Å². The molecule has 2 saturated heterocycles. The lowest BCUT2D eigenvalue weighted by molar-refractivity contribution is -0.149. The van der Waals surface area contributed by atoms with Crippen molar-refractivity contribution < 1.29 is 33.7 Å². The summed E-state index contributed by atoms with van der Waals surface area (Å²) in [6.07, 6.45) is 1.02. The largest absolute Gasteiger partial charge is 0.497 e. The molecule has 58 heavy (non-hydrogen) atoms. The van der Waals surface area contributed by atoms with Crippen LogP contribution in [-0.2, 0) is 19.9 Å². The van der Waals surface area contributed by atoms with Gasteiger partial charge in [-0.25, -0.2) is 0 Å². The van der Waals surface area contributed by atoms with Crippen molar-refractivity contribution in [3.8, 4) is 17.2 Å². The van der Waals surface area contributed by atoms with Gasteiger partial charge in [-0.1, -0.05) is 79.8 Å². The maximum Gasteiger partial charge on any atom is 0.268 e. The number of amides is 3. The van der Waals surface area contributed by atoms with E-state index in [0.717, 1.165) is 23.8 Å². The lowest BCUT2D eigenvalue weighted by atomic mass is 9.82. The number of methoxy groups -OCH3 is 1. The maximum atomic E-state index is 15.6. The maximum absolute atomic E-state index is 15.6. The van der Waals surface area contributed by atoms with Gasteiger partial charge in [0.25, 0.3) is 11.8 Å². The number of anilines is 4. The van der Waals surface area contributed by atoms with E-state index in [2.05, 4.69) is 32.2 Å². The van der Waals surface area contributed by atoms with Crippen molar-refractivity contribution in [1.29, 1.82) is 0 Å². The molecule has 0 saturated carbocycles. The zero-order valence-corrected chi connectivity index (χ0v) is 34.1. The zero-order valence-electron chi connectivity index (χ0n) is 33.1. The molecule has 11 heteroatoms. The Labute approximate surface area is 339 Å². The molecule has 0 radical (unpaired) electrons. The van der Waals surface area contributed by atoms with Crippen molar-refractivity contribution in [2.24, 2.45) is 5.92 Å². The summed E-state index contributed by atoms with van der Waals surface area (Å²) in [6.45, 7) is 7.16. The van der Waals surface area contributed by atoms with Crippen molar-refractivity contribution in [3.63, 3.8) is 0 Å². The molecule has 5 aromatic rings. The van der Waals surface area contributed by atoms with Crippen LogP contribution in [0.3, 0.4) is 0 Å². The molecule has 0 aromatic heterocycles. The first-order valence-corrected chi connectivity index (χ1v) is 23.1. The van der Waals surface area contributed by atoms with Gasteiger partial charge in [-0.3, -0.25) is 24.2 Å². The van der Waals surface area contributed by atoms with E-state index in [1.54, 1.807) is 33.9 Å². The Kier molecular flexibility index (Phi) is 9.49. The summed E-state index contributed by atoms with van der Waals surface area (Å²) in [4.78, 5) is 49.7. The Morgan fingerprint density at radius 2 is 1.55 bits per heavy atom. The number of carbonyl (C=O) groups excluding carboxylic acids is 3. The SMILES string of the molecule is COc1ccc([Si](C)(C)[C@@H]2[C@@H](CC(=O)N3CCC[C@H]3CO)O[C@]3(C(=O)N(c4ccccc4)c4ccc(N5C(=O)c6ccccc6Oc6ccccc65)cc43)[C@H]2C)cc1. The number of nitrogens with zero attached hydrogens (tertiary/aromatic N) is 3. The molecule has 4 heterocycles. The highest BCUT2D eigenvalue weighted by atomic mass is 28.3. The molecule has 10 nitrogen and oxygen atoms in total. The third kappa shape index (κ3) is 5.86. The average molecular weight is 794 g/mol. The molecular weight excluding hydrogens is 747 g/mol. The van der Waals surface area contributed by atoms with Gasteiger partial charge in [-0.2, -0.15) is 0 Å². The highest BCUT2D eigenvalue weighted by Crippen LogP contribution is 2.62. The van der Waals surface area contributed by atoms with Gasteiger partial charge in [0.1, 0.15) is 11.5 Å². The summed E-state index contributed by atoms with van der Waals surface area (Å²) in [6, 6.07) is 37.8. The predicted molar refractivity (Wildman–Crippen MR) is 225 cm³/mol. The summed E-state index contributed by atoms with van der Waals surface area (Å²) < 4.78 is 19.2. The van der Waals surface area contributed by atoms with Crippen LogP contribution in [0, 0.1) is 5.92 Å². The molecule has 5 atom stereocenters. The van der Waals surface area contributed by atoms with E-state index in [1.165, 1.54) is 0 Å². The molecular formula is C47H47N3O7Si. The number of aliphatic hydroxyl groups is 1. The van der Waals surface area contributed by atoms with Gasteiger partial charge in [-0.05, 0) is 85.1 Å². The number of rotatable bonds is 8. The first-order valence-electron chi connectivity index (χ1n) is 20.1. The van der Waals surface area contributed by atoms with Crippen molar-refractivity contribution >= 4 is 53.7 Å². The molecule has 4 aliphatic rings. The molecule has 3 amide bonds. The van der Waals surface area contributed by atoms with Gasteiger partial charge in [-0.15, -0.1) is 0 Å². The number of fused-ring (bicyclic) bond motifs is 4. The third-order valence-corrected chi connectivity index (χ3v) is 17.3. The topological polar surface area (TPSA) is 109 Å². The Hall–Kier alpha value is -5.75. The van der Waals surface area contributed by atoms with Crippen LogP contribution >= 0.6 is 0 Å². The fraction of sp³-hybridized carbons (Fsp3) is 0.298. The summed E-state index contributed by atoms with van der Waals surface area (Å²) in [7, 11) is -0.943. The van der Waals surface area contributed by atoms with Crippen LogP contribution in [0.5, 0.6) is 17.2 Å². The van der Waals surface area contributed by atoms with Gasteiger partial charge >= 0.3 is 0 Å². The second-order valence-electron chi connectivity index (χ2n) is 16.3. The van der Waals surface area contributed by atoms with Crippen LogP contribution < -0.4 is 24.5 Å². The van der Waals surface area contributed by atoms with E-state index >= 15 is 4.79 Å². The molecule has 5 aromatic carbocycles. The number of benzene rings is 5. The lowest BCUT2D eigenvalue weighted by Gasteiger charge is -2.37. The Balaban J connectivity index is 1.22. The first kappa shape index (κ1) is 37.8. The van der Waals surface area contributed by atoms with Crippen LogP contribution in [0.4, 0.5) is 22.7 Å². The minimum Gasteiger partial charge on any atom is -0.497 e. The number of likely N-dealkylation sites (tertiary alicyclic amines) is 1. The van der Waals surface area contributed by atoms with Crippen molar-refractivity contribution in [3.05, 3.63) is 132 Å². The highest BCUT2D eigenvalue weighted by Gasteiger charge is 2.67. The summed E-state index contributed by atoms with van der Waals surface area (Å²) >= 11 is 0.